The van der Waals surface area contributed by atoms with Gasteiger partial charge in [0, 0.05) is 26.2 Å². The number of para-hydroxylation sites is 2. The molecule has 0 unspecified atom stereocenters. The standard InChI is InChI=1S/C15H20N2O3/c1-11(2)15(19)9-16(10-15)7-8-17-12-5-3-4-6-13(12)20-14(17)18/h3-6,11,19H,7-10H2,1-2H3. The van der Waals surface area contributed by atoms with Crippen LogP contribution < -0.4 is 5.76 Å². The van der Waals surface area contributed by atoms with E-state index in [1.807, 2.05) is 32.0 Å². The second kappa shape index (κ2) is 4.75. The molecule has 108 valence electrons. The Morgan fingerprint density at radius 1 is 1.30 bits per heavy atom. The van der Waals surface area contributed by atoms with Gasteiger partial charge in [0.1, 0.15) is 0 Å². The van der Waals surface area contributed by atoms with Gasteiger partial charge in [0.05, 0.1) is 11.1 Å². The van der Waals surface area contributed by atoms with Crippen LogP contribution in [-0.4, -0.2) is 39.8 Å². The van der Waals surface area contributed by atoms with Crippen molar-refractivity contribution in [2.75, 3.05) is 19.6 Å². The van der Waals surface area contributed by atoms with E-state index in [0.29, 0.717) is 25.2 Å². The summed E-state index contributed by atoms with van der Waals surface area (Å²) in [5.74, 6) is -0.0536. The Balaban J connectivity index is 1.67. The summed E-state index contributed by atoms with van der Waals surface area (Å²) in [7, 11) is 0. The topological polar surface area (TPSA) is 58.6 Å². The normalized spacial score (nSPS) is 18.6. The maximum absolute atomic E-state index is 11.8. The van der Waals surface area contributed by atoms with Crippen LogP contribution in [0.3, 0.4) is 0 Å². The van der Waals surface area contributed by atoms with Crippen molar-refractivity contribution in [3.8, 4) is 0 Å². The lowest BCUT2D eigenvalue weighted by Crippen LogP contribution is -2.64. The summed E-state index contributed by atoms with van der Waals surface area (Å²) in [5, 5.41) is 10.2. The second-order valence-corrected chi connectivity index (χ2v) is 5.96. The lowest BCUT2D eigenvalue weighted by atomic mass is 9.83. The fourth-order valence-electron chi connectivity index (χ4n) is 2.72. The Morgan fingerprint density at radius 3 is 2.70 bits per heavy atom. The minimum Gasteiger partial charge on any atom is -0.408 e. The van der Waals surface area contributed by atoms with E-state index in [4.69, 9.17) is 4.42 Å². The van der Waals surface area contributed by atoms with Crippen LogP contribution in [0.2, 0.25) is 0 Å². The van der Waals surface area contributed by atoms with Gasteiger partial charge in [0.15, 0.2) is 5.58 Å². The van der Waals surface area contributed by atoms with Crippen LogP contribution in [-0.2, 0) is 6.54 Å². The van der Waals surface area contributed by atoms with Gasteiger partial charge in [-0.05, 0) is 18.1 Å². The quantitative estimate of drug-likeness (QED) is 0.914. The van der Waals surface area contributed by atoms with E-state index in [9.17, 15) is 9.90 Å². The number of hydrogen-bond donors (Lipinski definition) is 1. The molecular weight excluding hydrogens is 256 g/mol. The number of aliphatic hydroxyl groups is 1. The lowest BCUT2D eigenvalue weighted by Gasteiger charge is -2.49. The third-order valence-corrected chi connectivity index (χ3v) is 4.28. The number of likely N-dealkylation sites (tertiary alicyclic amines) is 1. The highest BCUT2D eigenvalue weighted by molar-refractivity contribution is 5.72. The van der Waals surface area contributed by atoms with Gasteiger partial charge < -0.3 is 9.52 Å². The highest BCUT2D eigenvalue weighted by Gasteiger charge is 2.43. The fourth-order valence-corrected chi connectivity index (χ4v) is 2.72. The molecule has 1 aromatic carbocycles. The molecule has 2 aromatic rings. The third kappa shape index (κ3) is 2.17. The van der Waals surface area contributed by atoms with E-state index in [1.54, 1.807) is 10.6 Å². The van der Waals surface area contributed by atoms with Crippen LogP contribution in [0.25, 0.3) is 11.1 Å². The van der Waals surface area contributed by atoms with E-state index in [-0.39, 0.29) is 11.7 Å². The molecule has 0 aliphatic carbocycles. The Labute approximate surface area is 117 Å². The average Bonchev–Trinajstić information content (AvgIpc) is 2.69. The predicted molar refractivity (Wildman–Crippen MR) is 76.7 cm³/mol. The summed E-state index contributed by atoms with van der Waals surface area (Å²) in [6.45, 7) is 6.75. The van der Waals surface area contributed by atoms with Gasteiger partial charge in [-0.15, -0.1) is 0 Å². The third-order valence-electron chi connectivity index (χ3n) is 4.28. The number of nitrogens with zero attached hydrogens (tertiary/aromatic N) is 2. The summed E-state index contributed by atoms with van der Waals surface area (Å²) >= 11 is 0. The van der Waals surface area contributed by atoms with Crippen LogP contribution in [0.1, 0.15) is 13.8 Å². The molecule has 20 heavy (non-hydrogen) atoms. The summed E-state index contributed by atoms with van der Waals surface area (Å²) in [5.41, 5.74) is 0.889. The SMILES string of the molecule is CC(C)C1(O)CN(CCn2c(=O)oc3ccccc32)C1. The van der Waals surface area contributed by atoms with E-state index in [0.717, 1.165) is 12.1 Å². The van der Waals surface area contributed by atoms with Crippen molar-refractivity contribution < 1.29 is 9.52 Å². The van der Waals surface area contributed by atoms with Crippen LogP contribution in [0.5, 0.6) is 0 Å². The zero-order chi connectivity index (χ0) is 14.3. The zero-order valence-corrected chi connectivity index (χ0v) is 11.9. The van der Waals surface area contributed by atoms with Crippen LogP contribution in [0.15, 0.2) is 33.5 Å². The Kier molecular flexibility index (Phi) is 3.18. The lowest BCUT2D eigenvalue weighted by molar-refractivity contribution is -0.128. The van der Waals surface area contributed by atoms with E-state index in [2.05, 4.69) is 4.90 Å². The molecule has 0 radical (unpaired) electrons. The van der Waals surface area contributed by atoms with Crippen molar-refractivity contribution in [1.29, 1.82) is 0 Å². The van der Waals surface area contributed by atoms with E-state index >= 15 is 0 Å². The molecule has 5 heteroatoms. The first-order chi connectivity index (χ1) is 9.49. The van der Waals surface area contributed by atoms with Crippen LogP contribution in [0, 0.1) is 5.92 Å². The van der Waals surface area contributed by atoms with Gasteiger partial charge >= 0.3 is 5.76 Å². The first kappa shape index (κ1) is 13.4. The molecule has 0 spiro atoms. The van der Waals surface area contributed by atoms with Gasteiger partial charge in [-0.3, -0.25) is 9.47 Å². The molecule has 1 saturated heterocycles. The number of β-amino-alcohol motifs (C(OH)–C–C–N with tert-alkyl or cyclic N) is 1. The minimum atomic E-state index is -0.566. The maximum atomic E-state index is 11.8. The molecule has 0 atom stereocenters. The van der Waals surface area contributed by atoms with Gasteiger partial charge in [0.2, 0.25) is 0 Å². The minimum absolute atomic E-state index is 0.260. The van der Waals surface area contributed by atoms with Crippen molar-refractivity contribution in [3.63, 3.8) is 0 Å². The molecule has 1 aliphatic heterocycles. The molecule has 0 bridgehead atoms. The molecule has 1 fully saturated rings. The molecule has 1 aromatic heterocycles. The average molecular weight is 276 g/mol. The molecule has 0 saturated carbocycles. The number of oxazole rings is 1. The highest BCUT2D eigenvalue weighted by Crippen LogP contribution is 2.28. The van der Waals surface area contributed by atoms with Crippen molar-refractivity contribution in [2.45, 2.75) is 26.0 Å². The molecule has 2 heterocycles. The van der Waals surface area contributed by atoms with Crippen molar-refractivity contribution in [1.82, 2.24) is 9.47 Å². The number of hydrogen-bond acceptors (Lipinski definition) is 4. The summed E-state index contributed by atoms with van der Waals surface area (Å²) in [6.07, 6.45) is 0. The molecule has 5 nitrogen and oxygen atoms in total. The number of fused-ring (bicyclic) bond motifs is 1. The molecule has 3 rings (SSSR count). The van der Waals surface area contributed by atoms with Crippen molar-refractivity contribution >= 4 is 11.1 Å². The van der Waals surface area contributed by atoms with Crippen LogP contribution >= 0.6 is 0 Å². The second-order valence-electron chi connectivity index (χ2n) is 5.96. The monoisotopic (exact) mass is 276 g/mol. The highest BCUT2D eigenvalue weighted by atomic mass is 16.4. The fraction of sp³-hybridized carbons (Fsp3) is 0.533. The van der Waals surface area contributed by atoms with Gasteiger partial charge in [0.25, 0.3) is 0 Å². The first-order valence-corrected chi connectivity index (χ1v) is 7.03. The van der Waals surface area contributed by atoms with E-state index in [1.165, 1.54) is 0 Å². The van der Waals surface area contributed by atoms with Crippen molar-refractivity contribution in [2.24, 2.45) is 5.92 Å². The van der Waals surface area contributed by atoms with Crippen molar-refractivity contribution in [3.05, 3.63) is 34.8 Å². The number of aromatic nitrogens is 1. The first-order valence-electron chi connectivity index (χ1n) is 7.03. The van der Waals surface area contributed by atoms with Gasteiger partial charge in [-0.25, -0.2) is 4.79 Å². The van der Waals surface area contributed by atoms with Crippen LogP contribution in [0.4, 0.5) is 0 Å². The Morgan fingerprint density at radius 2 is 2.00 bits per heavy atom. The molecule has 1 aliphatic rings. The number of rotatable bonds is 4. The Bertz CT molecular complexity index is 665. The summed E-state index contributed by atoms with van der Waals surface area (Å²) in [4.78, 5) is 14.0. The molecule has 0 amide bonds. The largest absolute Gasteiger partial charge is 0.419 e. The number of benzene rings is 1. The Hall–Kier alpha value is -1.59. The summed E-state index contributed by atoms with van der Waals surface area (Å²) < 4.78 is 6.86. The smallest absolute Gasteiger partial charge is 0.408 e. The predicted octanol–water partition coefficient (Wildman–Crippen LogP) is 1.30. The summed E-state index contributed by atoms with van der Waals surface area (Å²) in [6, 6.07) is 7.44. The van der Waals surface area contributed by atoms with Gasteiger partial charge in [-0.2, -0.15) is 0 Å². The van der Waals surface area contributed by atoms with Gasteiger partial charge in [-0.1, -0.05) is 26.0 Å². The molecular formula is C15H20N2O3. The maximum Gasteiger partial charge on any atom is 0.419 e. The van der Waals surface area contributed by atoms with E-state index < -0.39 is 5.60 Å². The molecule has 1 N–H and O–H groups in total. The zero-order valence-electron chi connectivity index (χ0n) is 11.9.